The third kappa shape index (κ3) is 3.08. The van der Waals surface area contributed by atoms with E-state index >= 15 is 0 Å². The van der Waals surface area contributed by atoms with Crippen molar-refractivity contribution in [2.75, 3.05) is 19.7 Å². The molecule has 1 saturated heterocycles. The third-order valence-electron chi connectivity index (χ3n) is 4.63. The molecule has 2 aromatic heterocycles. The van der Waals surface area contributed by atoms with E-state index in [1.807, 2.05) is 6.92 Å². The zero-order valence-electron chi connectivity index (χ0n) is 14.3. The van der Waals surface area contributed by atoms with Crippen molar-refractivity contribution in [1.29, 1.82) is 0 Å². The largest absolute Gasteiger partial charge is 0.478 e. The number of aliphatic hydroxyl groups is 1. The van der Waals surface area contributed by atoms with E-state index < -0.39 is 15.6 Å². The number of nitrogens with zero attached hydrogens (tertiary/aromatic N) is 4. The van der Waals surface area contributed by atoms with Gasteiger partial charge < -0.3 is 14.4 Å². The van der Waals surface area contributed by atoms with E-state index in [1.54, 1.807) is 0 Å². The van der Waals surface area contributed by atoms with E-state index in [9.17, 15) is 13.5 Å². The van der Waals surface area contributed by atoms with Crippen LogP contribution in [0.15, 0.2) is 27.7 Å². The molecule has 1 aliphatic carbocycles. The summed E-state index contributed by atoms with van der Waals surface area (Å²) in [5.41, 5.74) is -1.47. The Hall–Kier alpha value is -2.04. The van der Waals surface area contributed by atoms with Gasteiger partial charge in [0, 0.05) is 24.9 Å². The van der Waals surface area contributed by atoms with Crippen LogP contribution in [0.3, 0.4) is 0 Å². The van der Waals surface area contributed by atoms with E-state index in [0.29, 0.717) is 24.2 Å². The number of ether oxygens (including phenoxy) is 1. The Balaban J connectivity index is 1.52. The number of sulfonamides is 1. The molecule has 0 bridgehead atoms. The average Bonchev–Trinajstić information content (AvgIpc) is 3.19. The number of β-amino-alcohol motifs (C(OH)–C–C–N with tert-alkyl or cyclic N) is 1. The van der Waals surface area contributed by atoms with Gasteiger partial charge in [0.05, 0.1) is 19.3 Å². The lowest BCUT2D eigenvalue weighted by atomic mass is 10.0. The predicted molar refractivity (Wildman–Crippen MR) is 89.0 cm³/mol. The van der Waals surface area contributed by atoms with E-state index in [1.165, 1.54) is 22.6 Å². The molecule has 1 N–H and O–H groups in total. The molecule has 2 aliphatic rings. The molecule has 26 heavy (non-hydrogen) atoms. The van der Waals surface area contributed by atoms with Gasteiger partial charge in [-0.05, 0) is 25.8 Å². The fourth-order valence-corrected chi connectivity index (χ4v) is 4.41. The molecule has 0 amide bonds. The highest BCUT2D eigenvalue weighted by atomic mass is 32.2. The molecule has 140 valence electrons. The zero-order chi connectivity index (χ0) is 18.4. The summed E-state index contributed by atoms with van der Waals surface area (Å²) in [6, 6.07) is 2.96. The van der Waals surface area contributed by atoms with Gasteiger partial charge in [0.25, 0.3) is 5.89 Å². The van der Waals surface area contributed by atoms with Crippen LogP contribution >= 0.6 is 0 Å². The van der Waals surface area contributed by atoms with E-state index in [0.717, 1.165) is 12.8 Å². The molecule has 2 aromatic rings. The van der Waals surface area contributed by atoms with Crippen LogP contribution in [-0.2, 0) is 15.6 Å². The highest BCUT2D eigenvalue weighted by Crippen LogP contribution is 2.40. The zero-order valence-corrected chi connectivity index (χ0v) is 15.1. The summed E-state index contributed by atoms with van der Waals surface area (Å²) in [5, 5.41) is 14.7. The Bertz CT molecular complexity index is 894. The first kappa shape index (κ1) is 17.4. The van der Waals surface area contributed by atoms with Gasteiger partial charge in [0.1, 0.15) is 4.90 Å². The number of rotatable bonds is 6. The number of hydrogen-bond acceptors (Lipinski definition) is 8. The van der Waals surface area contributed by atoms with Crippen LogP contribution in [0.5, 0.6) is 5.88 Å². The second-order valence-electron chi connectivity index (χ2n) is 6.62. The quantitative estimate of drug-likeness (QED) is 0.789. The van der Waals surface area contributed by atoms with Gasteiger partial charge in [0.2, 0.25) is 15.9 Å². The summed E-state index contributed by atoms with van der Waals surface area (Å²) in [6.45, 7) is 2.30. The smallest absolute Gasteiger partial charge is 0.260 e. The van der Waals surface area contributed by atoms with Gasteiger partial charge >= 0.3 is 0 Å². The second kappa shape index (κ2) is 6.29. The first-order valence-electron chi connectivity index (χ1n) is 8.58. The molecule has 1 atom stereocenters. The topological polar surface area (TPSA) is 119 Å². The maximum atomic E-state index is 12.8. The number of pyridine rings is 1. The van der Waals surface area contributed by atoms with Crippen LogP contribution in [0.4, 0.5) is 0 Å². The maximum Gasteiger partial charge on any atom is 0.260 e. The van der Waals surface area contributed by atoms with Crippen molar-refractivity contribution in [3.05, 3.63) is 30.0 Å². The monoisotopic (exact) mass is 380 g/mol. The Morgan fingerprint density at radius 1 is 1.42 bits per heavy atom. The maximum absolute atomic E-state index is 12.8. The Labute approximate surface area is 151 Å². The highest BCUT2D eigenvalue weighted by Gasteiger charge is 2.47. The summed E-state index contributed by atoms with van der Waals surface area (Å²) in [6.07, 6.45) is 3.49. The Morgan fingerprint density at radius 3 is 2.88 bits per heavy atom. The van der Waals surface area contributed by atoms with Crippen molar-refractivity contribution in [1.82, 2.24) is 19.4 Å². The summed E-state index contributed by atoms with van der Waals surface area (Å²) >= 11 is 0. The van der Waals surface area contributed by atoms with Crippen LogP contribution < -0.4 is 4.74 Å². The molecule has 3 heterocycles. The molecular formula is C16H20N4O5S. The fourth-order valence-electron chi connectivity index (χ4n) is 2.97. The highest BCUT2D eigenvalue weighted by molar-refractivity contribution is 7.89. The van der Waals surface area contributed by atoms with Crippen molar-refractivity contribution >= 4 is 10.0 Å². The van der Waals surface area contributed by atoms with Crippen LogP contribution in [0.25, 0.3) is 0 Å². The van der Waals surface area contributed by atoms with E-state index in [4.69, 9.17) is 9.26 Å². The van der Waals surface area contributed by atoms with Crippen LogP contribution in [0.1, 0.15) is 43.8 Å². The summed E-state index contributed by atoms with van der Waals surface area (Å²) in [7, 11) is -3.78. The van der Waals surface area contributed by atoms with Crippen LogP contribution in [-0.4, -0.2) is 52.7 Å². The first-order valence-corrected chi connectivity index (χ1v) is 10.0. The van der Waals surface area contributed by atoms with Crippen molar-refractivity contribution in [2.45, 2.75) is 42.6 Å². The van der Waals surface area contributed by atoms with Gasteiger partial charge in [-0.1, -0.05) is 5.16 Å². The van der Waals surface area contributed by atoms with Gasteiger partial charge in [-0.25, -0.2) is 13.4 Å². The van der Waals surface area contributed by atoms with Crippen molar-refractivity contribution < 1.29 is 22.8 Å². The molecule has 0 aromatic carbocycles. The van der Waals surface area contributed by atoms with Crippen LogP contribution in [0.2, 0.25) is 0 Å². The second-order valence-corrected chi connectivity index (χ2v) is 8.56. The molecule has 1 aliphatic heterocycles. The lowest BCUT2D eigenvalue weighted by Crippen LogP contribution is -2.34. The van der Waals surface area contributed by atoms with Gasteiger partial charge in [-0.2, -0.15) is 9.29 Å². The molecule has 2 fully saturated rings. The summed E-state index contributed by atoms with van der Waals surface area (Å²) in [4.78, 5) is 8.32. The Morgan fingerprint density at radius 2 is 2.23 bits per heavy atom. The SMILES string of the molecule is CCOc1ccc(S(=O)(=O)N2CC[C@@](O)(c3nc(C4CC4)no3)C2)cn1. The minimum Gasteiger partial charge on any atom is -0.478 e. The van der Waals surface area contributed by atoms with Crippen molar-refractivity contribution in [3.63, 3.8) is 0 Å². The van der Waals surface area contributed by atoms with E-state index in [-0.39, 0.29) is 30.3 Å². The van der Waals surface area contributed by atoms with Crippen LogP contribution in [0, 0.1) is 0 Å². The van der Waals surface area contributed by atoms with Gasteiger partial charge in [-0.3, -0.25) is 0 Å². The fraction of sp³-hybridized carbons (Fsp3) is 0.562. The lowest BCUT2D eigenvalue weighted by molar-refractivity contribution is 0.0194. The predicted octanol–water partition coefficient (Wildman–Crippen LogP) is 1.02. The molecule has 9 nitrogen and oxygen atoms in total. The average molecular weight is 380 g/mol. The summed E-state index contributed by atoms with van der Waals surface area (Å²) in [5.74, 6) is 1.34. The third-order valence-corrected chi connectivity index (χ3v) is 6.46. The van der Waals surface area contributed by atoms with Gasteiger partial charge in [0.15, 0.2) is 11.4 Å². The first-order chi connectivity index (χ1) is 12.4. The Kier molecular flexibility index (Phi) is 4.20. The molecule has 0 radical (unpaired) electrons. The van der Waals surface area contributed by atoms with Gasteiger partial charge in [-0.15, -0.1) is 0 Å². The molecular weight excluding hydrogens is 360 g/mol. The minimum atomic E-state index is -3.78. The van der Waals surface area contributed by atoms with Crippen molar-refractivity contribution in [3.8, 4) is 5.88 Å². The number of aromatic nitrogens is 3. The molecule has 4 rings (SSSR count). The number of hydrogen-bond donors (Lipinski definition) is 1. The lowest BCUT2D eigenvalue weighted by Gasteiger charge is -2.19. The normalized spacial score (nSPS) is 24.1. The minimum absolute atomic E-state index is 0.0504. The molecule has 1 saturated carbocycles. The molecule has 0 spiro atoms. The van der Waals surface area contributed by atoms with E-state index in [2.05, 4.69) is 15.1 Å². The molecule has 0 unspecified atom stereocenters. The molecule has 10 heteroatoms. The summed E-state index contributed by atoms with van der Waals surface area (Å²) < 4.78 is 37.3. The standard InChI is InChI=1S/C16H20N4O5S/c1-2-24-13-6-5-12(9-17-13)26(22,23)20-8-7-16(21,10-20)15-18-14(19-25-15)11-3-4-11/h5-6,9,11,21H,2-4,7-8,10H2,1H3/t16-/m0/s1. The van der Waals surface area contributed by atoms with Crippen molar-refractivity contribution in [2.24, 2.45) is 0 Å².